The van der Waals surface area contributed by atoms with E-state index in [-0.39, 0.29) is 17.9 Å². The van der Waals surface area contributed by atoms with Crippen LogP contribution in [0.2, 0.25) is 0 Å². The van der Waals surface area contributed by atoms with E-state index < -0.39 is 10.7 Å². The van der Waals surface area contributed by atoms with Crippen molar-refractivity contribution in [3.05, 3.63) is 51.1 Å². The minimum atomic E-state index is -0.626. The summed E-state index contributed by atoms with van der Waals surface area (Å²) in [5, 5.41) is 17.5. The number of rotatable bonds is 4. The monoisotopic (exact) mass is 265 g/mol. The van der Waals surface area contributed by atoms with Gasteiger partial charge in [-0.25, -0.2) is 4.39 Å². The zero-order chi connectivity index (χ0) is 14.0. The van der Waals surface area contributed by atoms with Gasteiger partial charge in [-0.1, -0.05) is 5.16 Å². The topological polar surface area (TPSA) is 81.2 Å². The van der Waals surface area contributed by atoms with E-state index in [1.807, 2.05) is 0 Å². The molecule has 100 valence electrons. The van der Waals surface area contributed by atoms with Gasteiger partial charge in [-0.3, -0.25) is 10.1 Å². The zero-order valence-corrected chi connectivity index (χ0v) is 10.4. The number of nitrogens with one attached hydrogen (secondary N) is 1. The number of nitro benzene ring substituents is 1. The fourth-order valence-electron chi connectivity index (χ4n) is 1.65. The molecule has 0 spiro atoms. The molecule has 0 atom stereocenters. The second kappa shape index (κ2) is 5.05. The van der Waals surface area contributed by atoms with Gasteiger partial charge in [0.05, 0.1) is 17.5 Å². The van der Waals surface area contributed by atoms with Crippen molar-refractivity contribution in [2.75, 3.05) is 5.32 Å². The molecule has 0 unspecified atom stereocenters. The molecule has 0 saturated heterocycles. The predicted molar refractivity (Wildman–Crippen MR) is 66.4 cm³/mol. The van der Waals surface area contributed by atoms with Gasteiger partial charge in [0.2, 0.25) is 0 Å². The maximum atomic E-state index is 13.3. The lowest BCUT2D eigenvalue weighted by atomic mass is 10.1. The van der Waals surface area contributed by atoms with Crippen LogP contribution in [0.25, 0.3) is 0 Å². The Labute approximate surface area is 108 Å². The lowest BCUT2D eigenvalue weighted by molar-refractivity contribution is -0.384. The molecular formula is C12H12FN3O3. The standard InChI is InChI=1S/C12H12FN3O3/c1-7-3-11(12(16(17)18)5-10(7)13)14-6-9-4-8(2)19-15-9/h3-5,14H,6H2,1-2H3. The van der Waals surface area contributed by atoms with Crippen LogP contribution >= 0.6 is 0 Å². The van der Waals surface area contributed by atoms with Gasteiger partial charge >= 0.3 is 0 Å². The van der Waals surface area contributed by atoms with Crippen LogP contribution in [-0.2, 0) is 6.54 Å². The maximum absolute atomic E-state index is 13.3. The zero-order valence-electron chi connectivity index (χ0n) is 10.4. The van der Waals surface area contributed by atoms with Crippen molar-refractivity contribution in [3.63, 3.8) is 0 Å². The van der Waals surface area contributed by atoms with Gasteiger partial charge in [0.25, 0.3) is 5.69 Å². The Hall–Kier alpha value is -2.44. The fraction of sp³-hybridized carbons (Fsp3) is 0.250. The van der Waals surface area contributed by atoms with Crippen LogP contribution in [0, 0.1) is 29.8 Å². The van der Waals surface area contributed by atoms with Gasteiger partial charge in [-0.05, 0) is 25.5 Å². The van der Waals surface area contributed by atoms with Crippen LogP contribution in [0.15, 0.2) is 22.7 Å². The molecule has 0 aliphatic heterocycles. The molecule has 0 fully saturated rings. The van der Waals surface area contributed by atoms with E-state index in [4.69, 9.17) is 4.52 Å². The molecule has 2 rings (SSSR count). The van der Waals surface area contributed by atoms with Crippen molar-refractivity contribution in [1.29, 1.82) is 0 Å². The molecule has 1 aromatic carbocycles. The largest absolute Gasteiger partial charge is 0.374 e. The third-order valence-corrected chi connectivity index (χ3v) is 2.61. The van der Waals surface area contributed by atoms with Crippen LogP contribution in [0.4, 0.5) is 15.8 Å². The summed E-state index contributed by atoms with van der Waals surface area (Å²) in [6, 6.07) is 4.03. The van der Waals surface area contributed by atoms with Crippen LogP contribution in [0.5, 0.6) is 0 Å². The van der Waals surface area contributed by atoms with E-state index in [1.165, 1.54) is 6.07 Å². The van der Waals surface area contributed by atoms with Crippen LogP contribution in [0.3, 0.4) is 0 Å². The average molecular weight is 265 g/mol. The third-order valence-electron chi connectivity index (χ3n) is 2.61. The first kappa shape index (κ1) is 13.0. The summed E-state index contributed by atoms with van der Waals surface area (Å²) in [7, 11) is 0. The van der Waals surface area contributed by atoms with Crippen molar-refractivity contribution in [2.24, 2.45) is 0 Å². The highest BCUT2D eigenvalue weighted by atomic mass is 19.1. The highest BCUT2D eigenvalue weighted by Crippen LogP contribution is 2.27. The molecule has 1 N–H and O–H groups in total. The Morgan fingerprint density at radius 1 is 1.42 bits per heavy atom. The fourth-order valence-corrected chi connectivity index (χ4v) is 1.65. The first-order valence-electron chi connectivity index (χ1n) is 5.58. The first-order valence-corrected chi connectivity index (χ1v) is 5.58. The molecule has 0 amide bonds. The molecule has 2 aromatic rings. The van der Waals surface area contributed by atoms with Gasteiger partial charge < -0.3 is 9.84 Å². The highest BCUT2D eigenvalue weighted by molar-refractivity contribution is 5.63. The van der Waals surface area contributed by atoms with Gasteiger partial charge in [0.15, 0.2) is 0 Å². The van der Waals surface area contributed by atoms with Gasteiger partial charge in [0.1, 0.15) is 23.0 Å². The van der Waals surface area contributed by atoms with Crippen molar-refractivity contribution in [3.8, 4) is 0 Å². The minimum Gasteiger partial charge on any atom is -0.374 e. The van der Waals surface area contributed by atoms with Crippen LogP contribution in [-0.4, -0.2) is 10.1 Å². The van der Waals surface area contributed by atoms with Gasteiger partial charge in [-0.2, -0.15) is 0 Å². The first-order chi connectivity index (χ1) is 8.97. The Morgan fingerprint density at radius 3 is 2.74 bits per heavy atom. The lowest BCUT2D eigenvalue weighted by Crippen LogP contribution is -2.04. The normalized spacial score (nSPS) is 10.5. The summed E-state index contributed by atoms with van der Waals surface area (Å²) in [6.07, 6.45) is 0. The second-order valence-electron chi connectivity index (χ2n) is 4.16. The number of nitro groups is 1. The SMILES string of the molecule is Cc1cc(CNc2cc(C)c(F)cc2[N+](=O)[O-])no1. The number of hydrogen-bond acceptors (Lipinski definition) is 5. The van der Waals surface area contributed by atoms with E-state index in [0.717, 1.165) is 6.07 Å². The highest BCUT2D eigenvalue weighted by Gasteiger charge is 2.17. The lowest BCUT2D eigenvalue weighted by Gasteiger charge is -2.07. The number of anilines is 1. The molecule has 6 nitrogen and oxygen atoms in total. The maximum Gasteiger partial charge on any atom is 0.295 e. The Balaban J connectivity index is 2.23. The molecule has 1 heterocycles. The molecule has 0 aliphatic rings. The summed E-state index contributed by atoms with van der Waals surface area (Å²) < 4.78 is 18.2. The predicted octanol–water partition coefficient (Wildman–Crippen LogP) is 2.95. The Kier molecular flexibility index (Phi) is 3.46. The molecule has 0 bridgehead atoms. The summed E-state index contributed by atoms with van der Waals surface area (Å²) in [5.41, 5.74) is 0.908. The molecule has 1 aromatic heterocycles. The van der Waals surface area contributed by atoms with Crippen molar-refractivity contribution in [2.45, 2.75) is 20.4 Å². The number of aryl methyl sites for hydroxylation is 2. The number of nitrogens with zero attached hydrogens (tertiary/aromatic N) is 2. The number of benzene rings is 1. The molecular weight excluding hydrogens is 253 g/mol. The van der Waals surface area contributed by atoms with E-state index >= 15 is 0 Å². The molecule has 0 aliphatic carbocycles. The number of halogens is 1. The Bertz CT molecular complexity index is 625. The van der Waals surface area contributed by atoms with Gasteiger partial charge in [0, 0.05) is 6.07 Å². The quantitative estimate of drug-likeness (QED) is 0.679. The summed E-state index contributed by atoms with van der Waals surface area (Å²) in [6.45, 7) is 3.56. The molecule has 19 heavy (non-hydrogen) atoms. The van der Waals surface area contributed by atoms with Crippen LogP contribution in [0.1, 0.15) is 17.0 Å². The smallest absolute Gasteiger partial charge is 0.295 e. The van der Waals surface area contributed by atoms with E-state index in [1.54, 1.807) is 19.9 Å². The van der Waals surface area contributed by atoms with Crippen molar-refractivity contribution >= 4 is 11.4 Å². The summed E-state index contributed by atoms with van der Waals surface area (Å²) >= 11 is 0. The minimum absolute atomic E-state index is 0.254. The summed E-state index contributed by atoms with van der Waals surface area (Å²) in [4.78, 5) is 10.2. The van der Waals surface area contributed by atoms with Crippen molar-refractivity contribution in [1.82, 2.24) is 5.16 Å². The average Bonchev–Trinajstić information content (AvgIpc) is 2.76. The molecule has 0 saturated carbocycles. The van der Waals surface area contributed by atoms with Crippen molar-refractivity contribution < 1.29 is 13.8 Å². The van der Waals surface area contributed by atoms with E-state index in [9.17, 15) is 14.5 Å². The van der Waals surface area contributed by atoms with Gasteiger partial charge in [-0.15, -0.1) is 0 Å². The van der Waals surface area contributed by atoms with E-state index in [2.05, 4.69) is 10.5 Å². The number of hydrogen-bond donors (Lipinski definition) is 1. The summed E-state index contributed by atoms with van der Waals surface area (Å²) in [5.74, 6) is 0.0520. The molecule has 0 radical (unpaired) electrons. The van der Waals surface area contributed by atoms with E-state index in [0.29, 0.717) is 17.0 Å². The number of aromatic nitrogens is 1. The van der Waals surface area contributed by atoms with Crippen LogP contribution < -0.4 is 5.32 Å². The second-order valence-corrected chi connectivity index (χ2v) is 4.16. The third kappa shape index (κ3) is 2.87. The Morgan fingerprint density at radius 2 is 2.16 bits per heavy atom. The molecule has 7 heteroatoms.